The van der Waals surface area contributed by atoms with Gasteiger partial charge in [-0.3, -0.25) is 9.59 Å². The Morgan fingerprint density at radius 2 is 1.45 bits per heavy atom. The fraction of sp³-hybridized carbons (Fsp3) is 0.286. The van der Waals surface area contributed by atoms with Crippen molar-refractivity contribution in [3.8, 4) is 0 Å². The van der Waals surface area contributed by atoms with Crippen LogP contribution in [-0.2, 0) is 5.75 Å². The number of nitrogens with one attached hydrogen (secondary N) is 1. The Balaban J connectivity index is 1.54. The molecule has 0 saturated carbocycles. The second-order valence-electron chi connectivity index (χ2n) is 8.61. The SMILES string of the molecule is C[C@H]1CCC[C@H](C)N1C(=O)c1ccccc1NC(=O)c1ccccc1SCc1ccccc1. The van der Waals surface area contributed by atoms with E-state index < -0.39 is 0 Å². The number of rotatable bonds is 6. The molecule has 33 heavy (non-hydrogen) atoms. The molecule has 1 N–H and O–H groups in total. The second kappa shape index (κ2) is 10.7. The van der Waals surface area contributed by atoms with Crippen LogP contribution in [0.5, 0.6) is 0 Å². The number of carbonyl (C=O) groups is 2. The molecule has 1 aliphatic rings. The topological polar surface area (TPSA) is 49.4 Å². The molecular weight excluding hydrogens is 428 g/mol. The maximum absolute atomic E-state index is 13.5. The predicted molar refractivity (Wildman–Crippen MR) is 136 cm³/mol. The quantitative estimate of drug-likeness (QED) is 0.422. The van der Waals surface area contributed by atoms with Crippen LogP contribution in [0.3, 0.4) is 0 Å². The summed E-state index contributed by atoms with van der Waals surface area (Å²) in [5.74, 6) is 0.564. The third-order valence-corrected chi connectivity index (χ3v) is 7.35. The predicted octanol–water partition coefficient (Wildman–Crippen LogP) is 6.63. The van der Waals surface area contributed by atoms with Crippen LogP contribution in [0.1, 0.15) is 59.4 Å². The lowest BCUT2D eigenvalue weighted by Gasteiger charge is -2.39. The molecule has 0 aliphatic carbocycles. The number of piperidine rings is 1. The first-order chi connectivity index (χ1) is 16.0. The first kappa shape index (κ1) is 23.1. The molecular formula is C28H30N2O2S. The molecule has 0 spiro atoms. The molecule has 1 saturated heterocycles. The molecule has 0 unspecified atom stereocenters. The summed E-state index contributed by atoms with van der Waals surface area (Å²) in [5, 5.41) is 3.02. The minimum atomic E-state index is -0.203. The zero-order chi connectivity index (χ0) is 23.2. The number of para-hydroxylation sites is 1. The molecule has 5 heteroatoms. The van der Waals surface area contributed by atoms with E-state index in [1.807, 2.05) is 71.6 Å². The highest BCUT2D eigenvalue weighted by atomic mass is 32.2. The van der Waals surface area contributed by atoms with Crippen LogP contribution in [-0.4, -0.2) is 28.8 Å². The van der Waals surface area contributed by atoms with E-state index in [0.717, 1.165) is 29.9 Å². The second-order valence-corrected chi connectivity index (χ2v) is 9.63. The standard InChI is InChI=1S/C28H30N2O2S/c1-20-11-10-12-21(2)30(20)28(32)23-15-6-8-17-25(23)29-27(31)24-16-7-9-18-26(24)33-19-22-13-4-3-5-14-22/h3-9,13-18,20-21H,10-12,19H2,1-2H3,(H,29,31)/t20-,21-/m0/s1. The summed E-state index contributed by atoms with van der Waals surface area (Å²) in [5.41, 5.74) is 2.92. The van der Waals surface area contributed by atoms with E-state index in [9.17, 15) is 9.59 Å². The number of hydrogen-bond acceptors (Lipinski definition) is 3. The number of hydrogen-bond donors (Lipinski definition) is 1. The number of likely N-dealkylation sites (tertiary alicyclic amines) is 1. The molecule has 4 rings (SSSR count). The maximum Gasteiger partial charge on any atom is 0.256 e. The van der Waals surface area contributed by atoms with Gasteiger partial charge in [-0.1, -0.05) is 54.6 Å². The largest absolute Gasteiger partial charge is 0.333 e. The average Bonchev–Trinajstić information content (AvgIpc) is 2.83. The Labute approximate surface area is 200 Å². The Morgan fingerprint density at radius 3 is 2.18 bits per heavy atom. The zero-order valence-corrected chi connectivity index (χ0v) is 20.0. The fourth-order valence-corrected chi connectivity index (χ4v) is 5.45. The van der Waals surface area contributed by atoms with Gasteiger partial charge in [0.2, 0.25) is 0 Å². The minimum Gasteiger partial charge on any atom is -0.333 e. The molecule has 2 atom stereocenters. The van der Waals surface area contributed by atoms with Crippen LogP contribution < -0.4 is 5.32 Å². The van der Waals surface area contributed by atoms with Crippen LogP contribution in [0, 0.1) is 0 Å². The highest BCUT2D eigenvalue weighted by Gasteiger charge is 2.31. The van der Waals surface area contributed by atoms with Crippen LogP contribution in [0.4, 0.5) is 5.69 Å². The molecule has 0 radical (unpaired) electrons. The summed E-state index contributed by atoms with van der Waals surface area (Å²) < 4.78 is 0. The Bertz CT molecular complexity index is 1110. The molecule has 1 fully saturated rings. The third-order valence-electron chi connectivity index (χ3n) is 6.20. The van der Waals surface area contributed by atoms with Gasteiger partial charge in [-0.05, 0) is 62.9 Å². The average molecular weight is 459 g/mol. The zero-order valence-electron chi connectivity index (χ0n) is 19.2. The van der Waals surface area contributed by atoms with Crippen LogP contribution in [0.15, 0.2) is 83.8 Å². The van der Waals surface area contributed by atoms with Gasteiger partial charge in [0, 0.05) is 22.7 Å². The Kier molecular flexibility index (Phi) is 7.50. The lowest BCUT2D eigenvalue weighted by Crippen LogP contribution is -2.47. The molecule has 1 heterocycles. The summed E-state index contributed by atoms with van der Waals surface area (Å²) in [6.07, 6.45) is 3.16. The first-order valence-corrected chi connectivity index (χ1v) is 12.5. The molecule has 4 nitrogen and oxygen atoms in total. The van der Waals surface area contributed by atoms with E-state index in [-0.39, 0.29) is 23.9 Å². The van der Waals surface area contributed by atoms with E-state index in [0.29, 0.717) is 16.8 Å². The van der Waals surface area contributed by atoms with Crippen molar-refractivity contribution in [2.24, 2.45) is 0 Å². The number of benzene rings is 3. The van der Waals surface area contributed by atoms with Crippen molar-refractivity contribution in [1.82, 2.24) is 4.90 Å². The van der Waals surface area contributed by atoms with E-state index in [2.05, 4.69) is 31.3 Å². The van der Waals surface area contributed by atoms with Crippen molar-refractivity contribution >= 4 is 29.3 Å². The van der Waals surface area contributed by atoms with Gasteiger partial charge in [0.25, 0.3) is 11.8 Å². The Hall–Kier alpha value is -3.05. The van der Waals surface area contributed by atoms with Crippen LogP contribution in [0.2, 0.25) is 0 Å². The van der Waals surface area contributed by atoms with E-state index in [1.54, 1.807) is 11.8 Å². The lowest BCUT2D eigenvalue weighted by molar-refractivity contribution is 0.0512. The van der Waals surface area contributed by atoms with E-state index in [4.69, 9.17) is 0 Å². The summed E-state index contributed by atoms with van der Waals surface area (Å²) in [7, 11) is 0. The number of carbonyl (C=O) groups excluding carboxylic acids is 2. The number of amides is 2. The molecule has 0 aromatic heterocycles. The van der Waals surface area contributed by atoms with Crippen molar-refractivity contribution in [3.63, 3.8) is 0 Å². The summed E-state index contributed by atoms with van der Waals surface area (Å²) >= 11 is 1.64. The van der Waals surface area contributed by atoms with Gasteiger partial charge in [-0.15, -0.1) is 11.8 Å². The molecule has 170 valence electrons. The molecule has 0 bridgehead atoms. The monoisotopic (exact) mass is 458 g/mol. The van der Waals surface area contributed by atoms with Crippen molar-refractivity contribution in [2.75, 3.05) is 5.32 Å². The molecule has 3 aromatic rings. The number of thioether (sulfide) groups is 1. The van der Waals surface area contributed by atoms with Crippen molar-refractivity contribution < 1.29 is 9.59 Å². The smallest absolute Gasteiger partial charge is 0.256 e. The Morgan fingerprint density at radius 1 is 0.848 bits per heavy atom. The van der Waals surface area contributed by atoms with E-state index in [1.165, 1.54) is 5.56 Å². The first-order valence-electron chi connectivity index (χ1n) is 11.5. The van der Waals surface area contributed by atoms with Crippen LogP contribution in [0.25, 0.3) is 0 Å². The normalized spacial score (nSPS) is 18.1. The highest BCUT2D eigenvalue weighted by molar-refractivity contribution is 7.98. The third kappa shape index (κ3) is 5.48. The minimum absolute atomic E-state index is 0.0164. The van der Waals surface area contributed by atoms with Gasteiger partial charge in [0.1, 0.15) is 0 Å². The van der Waals surface area contributed by atoms with Crippen molar-refractivity contribution in [3.05, 3.63) is 95.6 Å². The number of nitrogens with zero attached hydrogens (tertiary/aromatic N) is 1. The molecule has 1 aliphatic heterocycles. The van der Waals surface area contributed by atoms with Gasteiger partial charge in [-0.25, -0.2) is 0 Å². The van der Waals surface area contributed by atoms with Gasteiger partial charge < -0.3 is 10.2 Å². The summed E-state index contributed by atoms with van der Waals surface area (Å²) in [4.78, 5) is 29.6. The number of anilines is 1. The van der Waals surface area contributed by atoms with Crippen molar-refractivity contribution in [1.29, 1.82) is 0 Å². The maximum atomic E-state index is 13.5. The van der Waals surface area contributed by atoms with Crippen LogP contribution >= 0.6 is 11.8 Å². The van der Waals surface area contributed by atoms with Crippen molar-refractivity contribution in [2.45, 2.75) is 55.8 Å². The molecule has 3 aromatic carbocycles. The van der Waals surface area contributed by atoms with Gasteiger partial charge in [0.05, 0.1) is 16.8 Å². The van der Waals surface area contributed by atoms with E-state index >= 15 is 0 Å². The highest BCUT2D eigenvalue weighted by Crippen LogP contribution is 2.29. The van der Waals surface area contributed by atoms with Gasteiger partial charge in [-0.2, -0.15) is 0 Å². The fourth-order valence-electron chi connectivity index (χ4n) is 4.44. The lowest BCUT2D eigenvalue weighted by atomic mass is 9.96. The summed E-state index contributed by atoms with van der Waals surface area (Å²) in [6, 6.07) is 25.5. The van der Waals surface area contributed by atoms with Gasteiger partial charge >= 0.3 is 0 Å². The van der Waals surface area contributed by atoms with Gasteiger partial charge in [0.15, 0.2) is 0 Å². The molecule has 2 amide bonds. The summed E-state index contributed by atoms with van der Waals surface area (Å²) in [6.45, 7) is 4.21.